The van der Waals surface area contributed by atoms with E-state index in [1.54, 1.807) is 17.0 Å². The molecule has 0 radical (unpaired) electrons. The van der Waals surface area contributed by atoms with Crippen molar-refractivity contribution in [3.8, 4) is 5.75 Å². The van der Waals surface area contributed by atoms with Gasteiger partial charge in [0.1, 0.15) is 12.4 Å². The summed E-state index contributed by atoms with van der Waals surface area (Å²) >= 11 is 6.00. The van der Waals surface area contributed by atoms with Crippen molar-refractivity contribution in [2.45, 2.75) is 50.7 Å². The number of aliphatic hydroxyl groups excluding tert-OH is 1. The summed E-state index contributed by atoms with van der Waals surface area (Å²) in [4.78, 5) is 15.1. The summed E-state index contributed by atoms with van der Waals surface area (Å²) in [5.74, 6) is 1.07. The van der Waals surface area contributed by atoms with Gasteiger partial charge >= 0.3 is 12.2 Å². The summed E-state index contributed by atoms with van der Waals surface area (Å²) in [7, 11) is 0. The molecule has 0 saturated carbocycles. The molecule has 196 valence electrons. The molecule has 12 heteroatoms. The zero-order valence-electron chi connectivity index (χ0n) is 19.7. The maximum absolute atomic E-state index is 13.4. The lowest BCUT2D eigenvalue weighted by Gasteiger charge is -2.31. The maximum atomic E-state index is 13.4. The highest BCUT2D eigenvalue weighted by molar-refractivity contribution is 6.30. The largest absolute Gasteiger partial charge is 0.493 e. The number of urea groups is 1. The van der Waals surface area contributed by atoms with Crippen molar-refractivity contribution in [3.63, 3.8) is 0 Å². The van der Waals surface area contributed by atoms with E-state index in [-0.39, 0.29) is 31.0 Å². The van der Waals surface area contributed by atoms with Gasteiger partial charge in [0.2, 0.25) is 0 Å². The van der Waals surface area contributed by atoms with Gasteiger partial charge in [0.25, 0.3) is 0 Å². The second kappa shape index (κ2) is 10.2. The minimum atomic E-state index is -4.48. The second-order valence-electron chi connectivity index (χ2n) is 9.09. The Bertz CT molecular complexity index is 1280. The fourth-order valence-electron chi connectivity index (χ4n) is 4.88. The van der Waals surface area contributed by atoms with E-state index >= 15 is 0 Å². The van der Waals surface area contributed by atoms with Crippen LogP contribution in [0, 0.1) is 0 Å². The summed E-state index contributed by atoms with van der Waals surface area (Å²) in [6, 6.07) is 9.44. The molecule has 8 nitrogen and oxygen atoms in total. The molecule has 2 aromatic carbocycles. The quantitative estimate of drug-likeness (QED) is 0.487. The normalized spacial score (nSPS) is 19.4. The lowest BCUT2D eigenvalue weighted by atomic mass is 9.98. The molecule has 3 heterocycles. The first-order valence-electron chi connectivity index (χ1n) is 11.9. The zero-order chi connectivity index (χ0) is 26.2. The van der Waals surface area contributed by atoms with Crippen LogP contribution >= 0.6 is 11.6 Å². The first-order chi connectivity index (χ1) is 17.7. The standard InChI is InChI=1S/C25H25ClF3N5O3/c26-17-6-3-15(4-7-17)13-34-22(14-35)31-32-23(34)20-2-1-10-33(20)24(36)30-19-9-11-37-21-12-16(25(27,28)29)5-8-18(19)21/h3-8,12,19-20,35H,1-2,9-11,13-14H2,(H,30,36). The number of carbonyl (C=O) groups excluding carboxylic acids is 1. The third-order valence-corrected chi connectivity index (χ3v) is 6.99. The summed E-state index contributed by atoms with van der Waals surface area (Å²) in [5, 5.41) is 21.9. The Labute approximate surface area is 216 Å². The van der Waals surface area contributed by atoms with Crippen LogP contribution in [0.2, 0.25) is 5.02 Å². The lowest BCUT2D eigenvalue weighted by molar-refractivity contribution is -0.137. The molecule has 1 aromatic heterocycles. The van der Waals surface area contributed by atoms with Crippen molar-refractivity contribution in [2.24, 2.45) is 0 Å². The molecule has 5 rings (SSSR count). The van der Waals surface area contributed by atoms with Gasteiger partial charge in [0, 0.05) is 23.6 Å². The number of alkyl halides is 3. The third-order valence-electron chi connectivity index (χ3n) is 6.74. The van der Waals surface area contributed by atoms with Crippen LogP contribution in [0.15, 0.2) is 42.5 Å². The Kier molecular flexibility index (Phi) is 7.00. The topological polar surface area (TPSA) is 92.5 Å². The van der Waals surface area contributed by atoms with E-state index in [0.717, 1.165) is 24.1 Å². The predicted molar refractivity (Wildman–Crippen MR) is 128 cm³/mol. The van der Waals surface area contributed by atoms with Crippen molar-refractivity contribution in [2.75, 3.05) is 13.2 Å². The number of amides is 2. The zero-order valence-corrected chi connectivity index (χ0v) is 20.5. The second-order valence-corrected chi connectivity index (χ2v) is 9.52. The SMILES string of the molecule is O=C(NC1CCOc2cc(C(F)(F)F)ccc21)N1CCCC1c1nnc(CO)n1Cc1ccc(Cl)cc1. The number of aromatic nitrogens is 3. The minimum Gasteiger partial charge on any atom is -0.493 e. The van der Waals surface area contributed by atoms with Gasteiger partial charge in [-0.15, -0.1) is 10.2 Å². The molecule has 2 atom stereocenters. The molecule has 0 aliphatic carbocycles. The average molecular weight is 536 g/mol. The number of carbonyl (C=O) groups is 1. The van der Waals surface area contributed by atoms with Crippen molar-refractivity contribution in [1.82, 2.24) is 25.0 Å². The van der Waals surface area contributed by atoms with Gasteiger partial charge in [-0.2, -0.15) is 13.2 Å². The number of likely N-dealkylation sites (tertiary alicyclic amines) is 1. The van der Waals surface area contributed by atoms with E-state index in [1.165, 1.54) is 6.07 Å². The number of nitrogens with zero attached hydrogens (tertiary/aromatic N) is 4. The molecule has 3 aromatic rings. The van der Waals surface area contributed by atoms with Crippen LogP contribution in [0.3, 0.4) is 0 Å². The molecular weight excluding hydrogens is 511 g/mol. The van der Waals surface area contributed by atoms with Gasteiger partial charge in [-0.3, -0.25) is 0 Å². The number of ether oxygens (including phenoxy) is 1. The maximum Gasteiger partial charge on any atom is 0.416 e. The molecule has 2 unspecified atom stereocenters. The third kappa shape index (κ3) is 5.24. The summed E-state index contributed by atoms with van der Waals surface area (Å²) in [5.41, 5.74) is 0.653. The number of halogens is 4. The highest BCUT2D eigenvalue weighted by Gasteiger charge is 2.37. The monoisotopic (exact) mass is 535 g/mol. The number of hydrogen-bond donors (Lipinski definition) is 2. The Hall–Kier alpha value is -3.31. The molecule has 1 saturated heterocycles. The number of aliphatic hydroxyl groups is 1. The van der Waals surface area contributed by atoms with Crippen LogP contribution in [0.1, 0.15) is 59.7 Å². The van der Waals surface area contributed by atoms with E-state index in [0.29, 0.717) is 48.2 Å². The van der Waals surface area contributed by atoms with E-state index in [1.807, 2.05) is 16.7 Å². The molecule has 0 spiro atoms. The molecular formula is C25H25ClF3N5O3. The fourth-order valence-corrected chi connectivity index (χ4v) is 5.01. The molecule has 0 bridgehead atoms. The first-order valence-corrected chi connectivity index (χ1v) is 12.3. The molecule has 1 fully saturated rings. The van der Waals surface area contributed by atoms with Crippen molar-refractivity contribution < 1.29 is 27.8 Å². The smallest absolute Gasteiger partial charge is 0.416 e. The van der Waals surface area contributed by atoms with Crippen LogP contribution in [0.5, 0.6) is 5.75 Å². The molecule has 37 heavy (non-hydrogen) atoms. The lowest BCUT2D eigenvalue weighted by Crippen LogP contribution is -2.43. The van der Waals surface area contributed by atoms with Gasteiger partial charge in [-0.05, 0) is 42.7 Å². The van der Waals surface area contributed by atoms with E-state index in [2.05, 4.69) is 15.5 Å². The molecule has 2 aliphatic rings. The van der Waals surface area contributed by atoms with Crippen LogP contribution in [0.4, 0.5) is 18.0 Å². The molecule has 2 aliphatic heterocycles. The highest BCUT2D eigenvalue weighted by Crippen LogP contribution is 2.39. The van der Waals surface area contributed by atoms with Gasteiger partial charge in [0.05, 0.1) is 30.8 Å². The Morgan fingerprint density at radius 1 is 1.16 bits per heavy atom. The predicted octanol–water partition coefficient (Wildman–Crippen LogP) is 4.86. The molecule has 2 amide bonds. The van der Waals surface area contributed by atoms with Gasteiger partial charge in [-0.1, -0.05) is 29.8 Å². The van der Waals surface area contributed by atoms with Gasteiger partial charge < -0.3 is 24.6 Å². The van der Waals surface area contributed by atoms with E-state index in [9.17, 15) is 23.1 Å². The van der Waals surface area contributed by atoms with Crippen LogP contribution < -0.4 is 10.1 Å². The average Bonchev–Trinajstić information content (AvgIpc) is 3.51. The number of hydrogen-bond acceptors (Lipinski definition) is 5. The van der Waals surface area contributed by atoms with Gasteiger partial charge in [0.15, 0.2) is 11.6 Å². The number of benzene rings is 2. The number of fused-ring (bicyclic) bond motifs is 1. The minimum absolute atomic E-state index is 0.125. The summed E-state index contributed by atoms with van der Waals surface area (Å²) < 4.78 is 46.6. The highest BCUT2D eigenvalue weighted by atomic mass is 35.5. The first kappa shape index (κ1) is 25.3. The molecule has 2 N–H and O–H groups in total. The Morgan fingerprint density at radius 2 is 1.95 bits per heavy atom. The van der Waals surface area contributed by atoms with E-state index in [4.69, 9.17) is 16.3 Å². The van der Waals surface area contributed by atoms with E-state index < -0.39 is 17.8 Å². The van der Waals surface area contributed by atoms with Crippen LogP contribution in [-0.2, 0) is 19.3 Å². The Balaban J connectivity index is 1.36. The van der Waals surface area contributed by atoms with Crippen molar-refractivity contribution in [1.29, 1.82) is 0 Å². The van der Waals surface area contributed by atoms with Crippen molar-refractivity contribution in [3.05, 3.63) is 75.8 Å². The Morgan fingerprint density at radius 3 is 2.68 bits per heavy atom. The van der Waals surface area contributed by atoms with Gasteiger partial charge in [-0.25, -0.2) is 4.79 Å². The number of nitrogens with one attached hydrogen (secondary N) is 1. The fraction of sp³-hybridized carbons (Fsp3) is 0.400. The van der Waals surface area contributed by atoms with Crippen molar-refractivity contribution >= 4 is 17.6 Å². The number of rotatable bonds is 5. The van der Waals surface area contributed by atoms with Crippen LogP contribution in [0.25, 0.3) is 0 Å². The summed E-state index contributed by atoms with van der Waals surface area (Å²) in [6.45, 7) is 0.772. The van der Waals surface area contributed by atoms with Crippen LogP contribution in [-0.4, -0.2) is 44.0 Å². The summed E-state index contributed by atoms with van der Waals surface area (Å²) in [6.07, 6.45) is -2.63.